The number of hydrogen-bond donors (Lipinski definition) is 1. The Kier molecular flexibility index (Phi) is 2.95. The molecule has 10 nitrogen and oxygen atoms in total. The second-order valence-electron chi connectivity index (χ2n) is 5.99. The van der Waals surface area contributed by atoms with E-state index < -0.39 is 119 Å². The Morgan fingerprint density at radius 3 is 2.56 bits per heavy atom. The van der Waals surface area contributed by atoms with Gasteiger partial charge in [-0.15, -0.1) is 0 Å². The van der Waals surface area contributed by atoms with Crippen molar-refractivity contribution < 1.29 is 44.6 Å². The molecule has 4 aromatic rings. The lowest BCUT2D eigenvalue weighted by atomic mass is 10.2. The molecule has 0 unspecified atom stereocenters. The summed E-state index contributed by atoms with van der Waals surface area (Å²) in [5, 5.41) is -1.36. The molecule has 3 aromatic heterocycles. The van der Waals surface area contributed by atoms with Gasteiger partial charge in [-0.1, -0.05) is 18.1 Å². The van der Waals surface area contributed by atoms with E-state index >= 15 is 0 Å². The predicted octanol–water partition coefficient (Wildman–Crippen LogP) is 3.85. The first kappa shape index (κ1) is 10.3. The highest BCUT2D eigenvalue weighted by Crippen LogP contribution is 2.41. The van der Waals surface area contributed by atoms with E-state index in [-0.39, 0.29) is 5.56 Å². The summed E-state index contributed by atoms with van der Waals surface area (Å²) in [5.41, 5.74) is -0.959. The fourth-order valence-electron chi connectivity index (χ4n) is 2.41. The Hall–Kier alpha value is -4.25. The fraction of sp³-hybridized carbons (Fsp3) is 0.130. The third kappa shape index (κ3) is 4.89. The van der Waals surface area contributed by atoms with E-state index in [9.17, 15) is 8.42 Å². The van der Waals surface area contributed by atoms with E-state index in [2.05, 4.69) is 19.9 Å². The van der Waals surface area contributed by atoms with Crippen LogP contribution in [-0.4, -0.2) is 42.4 Å². The van der Waals surface area contributed by atoms with Gasteiger partial charge in [0, 0.05) is 28.2 Å². The van der Waals surface area contributed by atoms with Crippen molar-refractivity contribution in [1.29, 1.82) is 0 Å². The molecule has 1 aromatic carbocycles. The van der Waals surface area contributed by atoms with Gasteiger partial charge in [-0.2, -0.15) is 13.4 Å². The number of para-hydroxylation sites is 2. The van der Waals surface area contributed by atoms with Crippen LogP contribution in [0.5, 0.6) is 23.1 Å². The summed E-state index contributed by atoms with van der Waals surface area (Å²) in [4.78, 5) is 15.2. The molecule has 34 heavy (non-hydrogen) atoms. The topological polar surface area (TPSA) is 125 Å². The quantitative estimate of drug-likeness (QED) is 0.388. The first-order valence-electron chi connectivity index (χ1n) is 16.8. The molecule has 0 bridgehead atoms. The number of nitrogens with zero attached hydrogens (tertiary/aromatic N) is 4. The molecule has 0 atom stereocenters. The number of anilines is 1. The maximum absolute atomic E-state index is 13.7. The first-order valence-corrected chi connectivity index (χ1v) is 10.3. The lowest BCUT2D eigenvalue weighted by molar-refractivity contribution is 0.348. The number of benzene rings is 1. The molecule has 0 spiro atoms. The van der Waals surface area contributed by atoms with Crippen molar-refractivity contribution in [2.45, 2.75) is 11.9 Å². The SMILES string of the molecule is [2H]c1nc(S(=O)(=O)Nc2nc(-c3ccncc3)nc(OC([2H])([2H])[2H])c2Oc2c([2H])c([2H])c([2H])c([2H])c2OC([2H])([2H])[2H])c([2H])c([2H])c1C([2H])([2H])[2H]. The van der Waals surface area contributed by atoms with Crippen molar-refractivity contribution >= 4 is 15.8 Å². The molecular formula is C23H21N5O5S. The smallest absolute Gasteiger partial charge is 0.280 e. The second-order valence-corrected chi connectivity index (χ2v) is 7.59. The van der Waals surface area contributed by atoms with Gasteiger partial charge in [-0.25, -0.2) is 9.97 Å². The van der Waals surface area contributed by atoms with Crippen LogP contribution < -0.4 is 18.9 Å². The molecule has 174 valence electrons. The monoisotopic (exact) mass is 495 g/mol. The second kappa shape index (κ2) is 9.71. The summed E-state index contributed by atoms with van der Waals surface area (Å²) >= 11 is 0. The molecule has 0 fully saturated rings. The van der Waals surface area contributed by atoms with Crippen LogP contribution in [0.4, 0.5) is 5.82 Å². The molecule has 3 heterocycles. The Balaban J connectivity index is 2.07. The zero-order valence-electron chi connectivity index (χ0n) is 32.5. The largest absolute Gasteiger partial charge is 0.493 e. The number of hydrogen-bond acceptors (Lipinski definition) is 9. The van der Waals surface area contributed by atoms with Crippen LogP contribution in [-0.2, 0) is 10.0 Å². The molecule has 0 amide bonds. The van der Waals surface area contributed by atoms with Gasteiger partial charge in [0.25, 0.3) is 15.9 Å². The standard InChI is InChI=1S/C23H21N5O5S/c1-15-8-9-19(25-14-15)34(29,30)28-22-20(33-18-7-5-4-6-17(18)31-2)23(32-3)27-21(26-22)16-10-12-24-13-11-16/h4-14H,1-3H3,(H,26,27,28)/i1D3,2D3,3D3,4D,5D,6D,7D,8D,9D,14D. The highest BCUT2D eigenvalue weighted by atomic mass is 32.2. The number of rotatable bonds is 8. The van der Waals surface area contributed by atoms with Crippen molar-refractivity contribution in [3.8, 4) is 34.5 Å². The third-order valence-corrected chi connectivity index (χ3v) is 5.01. The minimum atomic E-state index is -5.32. The Bertz CT molecular complexity index is 2080. The number of aromatic nitrogens is 4. The van der Waals surface area contributed by atoms with Crippen LogP contribution in [0, 0.1) is 6.85 Å². The minimum Gasteiger partial charge on any atom is -0.493 e. The summed E-state index contributed by atoms with van der Waals surface area (Å²) in [6.45, 7) is -3.13. The van der Waals surface area contributed by atoms with Gasteiger partial charge in [0.05, 0.1) is 31.9 Å². The van der Waals surface area contributed by atoms with Gasteiger partial charge in [-0.3, -0.25) is 9.71 Å². The summed E-state index contributed by atoms with van der Waals surface area (Å²) in [6.07, 6.45) is 1.32. The summed E-state index contributed by atoms with van der Waals surface area (Å²) in [7, 11) is -12.0. The normalized spacial score (nSPS) is 18.9. The number of ether oxygens (including phenoxy) is 3. The number of nitrogens with one attached hydrogen (secondary N) is 1. The van der Waals surface area contributed by atoms with Gasteiger partial charge in [0.2, 0.25) is 5.75 Å². The van der Waals surface area contributed by atoms with Crippen LogP contribution in [0.3, 0.4) is 0 Å². The highest BCUT2D eigenvalue weighted by Gasteiger charge is 2.25. The van der Waals surface area contributed by atoms with E-state index in [1.165, 1.54) is 24.5 Å². The molecule has 0 aliphatic rings. The number of methoxy groups -OCH3 is 2. The van der Waals surface area contributed by atoms with Crippen LogP contribution in [0.15, 0.2) is 72.0 Å². The van der Waals surface area contributed by atoms with Crippen LogP contribution in [0.2, 0.25) is 0 Å². The van der Waals surface area contributed by atoms with E-state index in [1.807, 2.05) is 4.72 Å². The van der Waals surface area contributed by atoms with Gasteiger partial charge >= 0.3 is 0 Å². The molecule has 0 saturated heterocycles. The molecule has 0 aliphatic carbocycles. The zero-order valence-corrected chi connectivity index (χ0v) is 17.4. The number of pyridine rings is 2. The third-order valence-electron chi connectivity index (χ3n) is 3.85. The lowest BCUT2D eigenvalue weighted by Crippen LogP contribution is -2.17. The Morgan fingerprint density at radius 2 is 1.79 bits per heavy atom. The predicted molar refractivity (Wildman–Crippen MR) is 125 cm³/mol. The molecule has 11 heteroatoms. The molecule has 0 radical (unpaired) electrons. The average molecular weight is 496 g/mol. The van der Waals surface area contributed by atoms with Crippen LogP contribution in [0.25, 0.3) is 11.4 Å². The van der Waals surface area contributed by atoms with Crippen molar-refractivity contribution in [3.05, 3.63) is 72.5 Å². The molecule has 1 N–H and O–H groups in total. The van der Waals surface area contributed by atoms with Gasteiger partial charge in [0.15, 0.2) is 28.2 Å². The fourth-order valence-corrected chi connectivity index (χ4v) is 3.25. The molecular weight excluding hydrogens is 458 g/mol. The van der Waals surface area contributed by atoms with E-state index in [0.29, 0.717) is 0 Å². The van der Waals surface area contributed by atoms with Gasteiger partial charge < -0.3 is 14.2 Å². The van der Waals surface area contributed by atoms with E-state index in [0.717, 1.165) is 0 Å². The summed E-state index contributed by atoms with van der Waals surface area (Å²) in [5.74, 6) is -6.04. The average Bonchev–Trinajstić information content (AvgIpc) is 2.97. The Morgan fingerprint density at radius 1 is 1.00 bits per heavy atom. The summed E-state index contributed by atoms with van der Waals surface area (Å²) < 4.78 is 169. The summed E-state index contributed by atoms with van der Waals surface area (Å²) in [6, 6.07) is -3.98. The van der Waals surface area contributed by atoms with Gasteiger partial charge in [0.1, 0.15) is 0 Å². The zero-order chi connectivity index (χ0) is 37.7. The maximum Gasteiger partial charge on any atom is 0.280 e. The van der Waals surface area contributed by atoms with Crippen molar-refractivity contribution in [3.63, 3.8) is 0 Å². The molecule has 4 rings (SSSR count). The van der Waals surface area contributed by atoms with E-state index in [1.54, 1.807) is 0 Å². The van der Waals surface area contributed by atoms with Gasteiger partial charge in [-0.05, 0) is 42.7 Å². The van der Waals surface area contributed by atoms with Crippen molar-refractivity contribution in [2.24, 2.45) is 0 Å². The Labute approximate surface area is 219 Å². The molecule has 0 aliphatic heterocycles. The highest BCUT2D eigenvalue weighted by molar-refractivity contribution is 7.92. The number of sulfonamides is 1. The van der Waals surface area contributed by atoms with Crippen molar-refractivity contribution in [2.75, 3.05) is 18.8 Å². The van der Waals surface area contributed by atoms with Crippen molar-refractivity contribution in [1.82, 2.24) is 19.9 Å². The molecule has 0 saturated carbocycles. The van der Waals surface area contributed by atoms with Crippen LogP contribution >= 0.6 is 0 Å². The maximum atomic E-state index is 13.7. The van der Waals surface area contributed by atoms with Crippen LogP contribution in [0.1, 0.15) is 27.5 Å². The van der Waals surface area contributed by atoms with E-state index in [4.69, 9.17) is 36.1 Å². The minimum absolute atomic E-state index is 0.0682. The first-order chi connectivity index (χ1) is 22.8. The lowest BCUT2D eigenvalue weighted by Gasteiger charge is -2.17.